The molecule has 0 radical (unpaired) electrons. The Kier molecular flexibility index (Phi) is 28.4. The number of hydrogen-bond donors (Lipinski definition) is 0. The molecule has 0 aromatic carbocycles. The molecule has 0 fully saturated rings. The summed E-state index contributed by atoms with van der Waals surface area (Å²) in [7, 11) is -0.879. The molecule has 0 aromatic rings. The van der Waals surface area contributed by atoms with Crippen molar-refractivity contribution in [1.29, 1.82) is 0 Å². The van der Waals surface area contributed by atoms with Gasteiger partial charge in [0.05, 0.1) is 26.2 Å². The fourth-order valence-electron chi connectivity index (χ4n) is 5.60. The molecule has 0 bridgehead atoms. The maximum absolute atomic E-state index is 2.36. The van der Waals surface area contributed by atoms with Crippen molar-refractivity contribution in [1.82, 2.24) is 0 Å². The molecule has 0 N–H and O–H groups in total. The van der Waals surface area contributed by atoms with Crippen LogP contribution in [-0.2, 0) is 0 Å². The van der Waals surface area contributed by atoms with Crippen molar-refractivity contribution in [2.45, 2.75) is 158 Å². The summed E-state index contributed by atoms with van der Waals surface area (Å²) in [5.74, 6) is 0. The summed E-state index contributed by atoms with van der Waals surface area (Å²) < 4.78 is 1.42. The van der Waals surface area contributed by atoms with Gasteiger partial charge in [-0.15, -0.1) is 0 Å². The van der Waals surface area contributed by atoms with Crippen LogP contribution in [0.5, 0.6) is 0 Å². The monoisotopic (exact) mass is 503 g/mol. The van der Waals surface area contributed by atoms with Crippen LogP contribution in [0.15, 0.2) is 0 Å². The first kappa shape index (κ1) is 36.5. The van der Waals surface area contributed by atoms with Crippen LogP contribution in [0.1, 0.15) is 158 Å². The van der Waals surface area contributed by atoms with E-state index in [1.165, 1.54) is 133 Å². The van der Waals surface area contributed by atoms with Crippen LogP contribution in [0.2, 0.25) is 0 Å². The topological polar surface area (TPSA) is 0 Å². The maximum atomic E-state index is 2.36. The van der Waals surface area contributed by atoms with Gasteiger partial charge in [-0.05, 0) is 25.7 Å². The van der Waals surface area contributed by atoms with Gasteiger partial charge in [0, 0.05) is 0 Å². The average molecular weight is 503 g/mol. The molecule has 0 aliphatic heterocycles. The standard InChI is InChI=1S/C16H36N.C16H37P/c2*1-5-9-13-17(14-10-6-2,15-11-7-3)16-12-8-4/h5-16H2,1-4H3;17H,5-16H2,1-4H3/q+1;. The molecular weight excluding hydrogens is 429 g/mol. The van der Waals surface area contributed by atoms with Crippen LogP contribution < -0.4 is 0 Å². The fourth-order valence-corrected chi connectivity index (χ4v) is 11.5. The third-order valence-corrected chi connectivity index (χ3v) is 13.8. The fraction of sp³-hybridized carbons (Fsp3) is 1.00. The molecular formula is C32H73NP+. The molecule has 0 aliphatic carbocycles. The Morgan fingerprint density at radius 2 is 0.529 bits per heavy atom. The van der Waals surface area contributed by atoms with Crippen molar-refractivity contribution < 1.29 is 4.48 Å². The van der Waals surface area contributed by atoms with Gasteiger partial charge >= 0.3 is 111 Å². The summed E-state index contributed by atoms with van der Waals surface area (Å²) in [4.78, 5) is 0. The molecule has 0 amide bonds. The second kappa shape index (κ2) is 26.5. The van der Waals surface area contributed by atoms with Crippen LogP contribution in [-0.4, -0.2) is 55.3 Å². The van der Waals surface area contributed by atoms with Crippen molar-refractivity contribution >= 4 is 7.26 Å². The van der Waals surface area contributed by atoms with E-state index in [1.807, 2.05) is 0 Å². The summed E-state index contributed by atoms with van der Waals surface area (Å²) >= 11 is 0. The number of nitrogens with zero attached hydrogens (tertiary/aromatic N) is 1. The third-order valence-electron chi connectivity index (χ3n) is 8.19. The summed E-state index contributed by atoms with van der Waals surface area (Å²) in [6.45, 7) is 24.5. The first-order valence-corrected chi connectivity index (χ1v) is 19.2. The Hall–Kier alpha value is 0.390. The van der Waals surface area contributed by atoms with Gasteiger partial charge in [0.15, 0.2) is 0 Å². The predicted molar refractivity (Wildman–Crippen MR) is 167 cm³/mol. The minimum absolute atomic E-state index is 0.879. The summed E-state index contributed by atoms with van der Waals surface area (Å²) in [5.41, 5.74) is 0. The summed E-state index contributed by atoms with van der Waals surface area (Å²) in [5, 5.41) is 0. The molecule has 0 heterocycles. The van der Waals surface area contributed by atoms with E-state index in [4.69, 9.17) is 0 Å². The second-order valence-corrected chi connectivity index (χ2v) is 16.6. The molecule has 2 heteroatoms. The van der Waals surface area contributed by atoms with Gasteiger partial charge in [-0.25, -0.2) is 0 Å². The second-order valence-electron chi connectivity index (χ2n) is 11.6. The number of hydrogen-bond acceptors (Lipinski definition) is 0. The van der Waals surface area contributed by atoms with E-state index in [0.29, 0.717) is 0 Å². The number of rotatable bonds is 24. The molecule has 0 saturated heterocycles. The van der Waals surface area contributed by atoms with E-state index in [-0.39, 0.29) is 0 Å². The van der Waals surface area contributed by atoms with E-state index in [0.717, 1.165) is 0 Å². The van der Waals surface area contributed by atoms with Gasteiger partial charge in [-0.3, -0.25) is 0 Å². The number of unbranched alkanes of at least 4 members (excludes halogenated alkanes) is 8. The SMILES string of the molecule is CCCC[N+](CCCC)(CCCC)CCCC.CCCC[PH](CCCC)(CCCC)CCCC. The summed E-state index contributed by atoms with van der Waals surface area (Å²) in [6, 6.07) is 0. The normalized spacial score (nSPS) is 12.5. The molecule has 0 saturated carbocycles. The van der Waals surface area contributed by atoms with Crippen LogP contribution in [0.4, 0.5) is 0 Å². The van der Waals surface area contributed by atoms with E-state index >= 15 is 0 Å². The Morgan fingerprint density at radius 3 is 0.706 bits per heavy atom. The van der Waals surface area contributed by atoms with E-state index in [2.05, 4.69) is 55.4 Å². The van der Waals surface area contributed by atoms with Gasteiger partial charge in [0.25, 0.3) is 0 Å². The van der Waals surface area contributed by atoms with E-state index in [1.54, 1.807) is 24.6 Å². The Labute approximate surface area is 220 Å². The molecule has 34 heavy (non-hydrogen) atoms. The first-order chi connectivity index (χ1) is 16.5. The van der Waals surface area contributed by atoms with Crippen molar-refractivity contribution in [3.63, 3.8) is 0 Å². The molecule has 0 unspecified atom stereocenters. The third kappa shape index (κ3) is 19.6. The first-order valence-electron chi connectivity index (χ1n) is 16.3. The van der Waals surface area contributed by atoms with Crippen LogP contribution in [0, 0.1) is 0 Å². The molecule has 0 rings (SSSR count). The van der Waals surface area contributed by atoms with Gasteiger partial charge in [0.1, 0.15) is 0 Å². The summed E-state index contributed by atoms with van der Waals surface area (Å²) in [6.07, 6.45) is 29.2. The zero-order chi connectivity index (χ0) is 26.0. The van der Waals surface area contributed by atoms with Crippen molar-refractivity contribution in [2.24, 2.45) is 0 Å². The number of quaternary nitrogens is 1. The Balaban J connectivity index is 0. The van der Waals surface area contributed by atoms with Gasteiger partial charge < -0.3 is 4.48 Å². The zero-order valence-electron chi connectivity index (χ0n) is 25.9. The Morgan fingerprint density at radius 1 is 0.324 bits per heavy atom. The van der Waals surface area contributed by atoms with Crippen molar-refractivity contribution in [2.75, 3.05) is 50.8 Å². The van der Waals surface area contributed by atoms with Crippen LogP contribution >= 0.6 is 7.26 Å². The van der Waals surface area contributed by atoms with E-state index in [9.17, 15) is 0 Å². The Bertz CT molecular complexity index is 270. The molecule has 0 aliphatic rings. The van der Waals surface area contributed by atoms with Gasteiger partial charge in [0.2, 0.25) is 0 Å². The predicted octanol–water partition coefficient (Wildman–Crippen LogP) is 10.9. The molecule has 0 atom stereocenters. The van der Waals surface area contributed by atoms with Crippen molar-refractivity contribution in [3.8, 4) is 0 Å². The molecule has 1 nitrogen and oxygen atoms in total. The molecule has 0 spiro atoms. The molecule has 210 valence electrons. The molecule has 0 aromatic heterocycles. The van der Waals surface area contributed by atoms with Crippen LogP contribution in [0.3, 0.4) is 0 Å². The van der Waals surface area contributed by atoms with Gasteiger partial charge in [-0.1, -0.05) is 53.4 Å². The minimum atomic E-state index is -0.879. The average Bonchev–Trinajstić information content (AvgIpc) is 2.87. The quantitative estimate of drug-likeness (QED) is 0.0909. The van der Waals surface area contributed by atoms with Gasteiger partial charge in [-0.2, -0.15) is 0 Å². The van der Waals surface area contributed by atoms with Crippen LogP contribution in [0.25, 0.3) is 0 Å². The van der Waals surface area contributed by atoms with E-state index < -0.39 is 7.26 Å². The zero-order valence-corrected chi connectivity index (χ0v) is 26.9. The van der Waals surface area contributed by atoms with Crippen molar-refractivity contribution in [3.05, 3.63) is 0 Å².